The number of nitrogens with zero attached hydrogens (tertiary/aromatic N) is 2. The molecule has 0 saturated carbocycles. The largest absolute Gasteiger partial charge is 0.465 e. The number of carbonyl (C=O) groups is 2. The summed E-state index contributed by atoms with van der Waals surface area (Å²) in [5, 5.41) is 1.46. The Bertz CT molecular complexity index is 999. The van der Waals surface area contributed by atoms with E-state index in [1.54, 1.807) is 17.0 Å². The second kappa shape index (κ2) is 9.90. The summed E-state index contributed by atoms with van der Waals surface area (Å²) in [4.78, 5) is 26.5. The third-order valence-corrected chi connectivity index (χ3v) is 8.91. The van der Waals surface area contributed by atoms with Crippen molar-refractivity contribution in [3.05, 3.63) is 47.1 Å². The van der Waals surface area contributed by atoms with Gasteiger partial charge in [-0.3, -0.25) is 4.79 Å². The lowest BCUT2D eigenvalue weighted by molar-refractivity contribution is -0.131. The van der Waals surface area contributed by atoms with Crippen LogP contribution in [0.15, 0.2) is 44.8 Å². The summed E-state index contributed by atoms with van der Waals surface area (Å²) in [7, 11) is -2.48. The molecule has 2 aromatic rings. The zero-order valence-electron chi connectivity index (χ0n) is 16.2. The predicted octanol–water partition coefficient (Wildman–Crippen LogP) is 2.69. The van der Waals surface area contributed by atoms with Crippen LogP contribution in [0.2, 0.25) is 0 Å². The molecular weight excluding hydrogens is 451 g/mol. The number of esters is 1. The molecule has 162 valence electrons. The minimum Gasteiger partial charge on any atom is -0.465 e. The Labute approximate surface area is 182 Å². The molecule has 1 amide bonds. The van der Waals surface area contributed by atoms with Crippen LogP contribution in [0.4, 0.5) is 4.39 Å². The minimum absolute atomic E-state index is 0.0363. The van der Waals surface area contributed by atoms with Crippen molar-refractivity contribution in [2.45, 2.75) is 15.5 Å². The van der Waals surface area contributed by atoms with E-state index < -0.39 is 16.0 Å². The highest BCUT2D eigenvalue weighted by atomic mass is 32.2. The van der Waals surface area contributed by atoms with Gasteiger partial charge in [-0.15, -0.1) is 23.1 Å². The lowest BCUT2D eigenvalue weighted by Crippen LogP contribution is -2.50. The van der Waals surface area contributed by atoms with Gasteiger partial charge in [0.25, 0.3) is 10.0 Å². The normalized spacial score (nSPS) is 15.2. The van der Waals surface area contributed by atoms with E-state index in [1.807, 2.05) is 0 Å². The van der Waals surface area contributed by atoms with Crippen molar-refractivity contribution in [3.8, 4) is 0 Å². The number of carbonyl (C=O) groups excluding carboxylic acids is 2. The highest BCUT2D eigenvalue weighted by molar-refractivity contribution is 7.99. The maximum Gasteiger partial charge on any atom is 0.338 e. The molecule has 3 rings (SSSR count). The van der Waals surface area contributed by atoms with Crippen LogP contribution in [0.5, 0.6) is 0 Å². The molecule has 0 aliphatic carbocycles. The second-order valence-electron chi connectivity index (χ2n) is 6.48. The Morgan fingerprint density at radius 3 is 2.47 bits per heavy atom. The SMILES string of the molecule is COC(=O)c1csc(S(=O)(=O)N2CCN(C(=O)CCSc3ccc(F)cc3)CC2)c1. The van der Waals surface area contributed by atoms with Crippen molar-refractivity contribution in [1.29, 1.82) is 0 Å². The molecular formula is C19H21FN2O5S3. The molecule has 0 atom stereocenters. The predicted molar refractivity (Wildman–Crippen MR) is 113 cm³/mol. The van der Waals surface area contributed by atoms with Gasteiger partial charge in [-0.05, 0) is 30.3 Å². The Morgan fingerprint density at radius 1 is 1.17 bits per heavy atom. The maximum absolute atomic E-state index is 12.9. The summed E-state index contributed by atoms with van der Waals surface area (Å²) in [5.74, 6) is -0.353. The molecule has 2 heterocycles. The van der Waals surface area contributed by atoms with Gasteiger partial charge < -0.3 is 9.64 Å². The van der Waals surface area contributed by atoms with E-state index in [0.29, 0.717) is 25.3 Å². The number of thiophene rings is 1. The van der Waals surface area contributed by atoms with Crippen LogP contribution >= 0.6 is 23.1 Å². The van der Waals surface area contributed by atoms with Gasteiger partial charge >= 0.3 is 5.97 Å². The smallest absolute Gasteiger partial charge is 0.338 e. The van der Waals surface area contributed by atoms with Gasteiger partial charge in [-0.25, -0.2) is 17.6 Å². The van der Waals surface area contributed by atoms with Crippen molar-refractivity contribution in [1.82, 2.24) is 9.21 Å². The minimum atomic E-state index is -3.72. The molecule has 1 aromatic carbocycles. The summed E-state index contributed by atoms with van der Waals surface area (Å²) in [6.07, 6.45) is 0.322. The number of sulfonamides is 1. The first-order valence-corrected chi connectivity index (χ1v) is 12.4. The standard InChI is InChI=1S/C19H21FN2O5S3/c1-27-19(24)14-12-18(29-13-14)30(25,26)22-9-7-21(8-10-22)17(23)6-11-28-16-4-2-15(20)3-5-16/h2-5,12-13H,6-11H2,1H3. The third kappa shape index (κ3) is 5.39. The lowest BCUT2D eigenvalue weighted by Gasteiger charge is -2.33. The zero-order valence-corrected chi connectivity index (χ0v) is 18.7. The van der Waals surface area contributed by atoms with Crippen molar-refractivity contribution >= 4 is 45.0 Å². The fraction of sp³-hybridized carbons (Fsp3) is 0.368. The van der Waals surface area contributed by atoms with Crippen LogP contribution in [0, 0.1) is 5.82 Å². The summed E-state index contributed by atoms with van der Waals surface area (Å²) in [6.45, 7) is 1.03. The number of hydrogen-bond acceptors (Lipinski definition) is 7. The van der Waals surface area contributed by atoms with Crippen LogP contribution in [0.25, 0.3) is 0 Å². The van der Waals surface area contributed by atoms with Gasteiger partial charge in [0, 0.05) is 48.6 Å². The number of rotatable bonds is 7. The van der Waals surface area contributed by atoms with Gasteiger partial charge in [0.2, 0.25) is 5.91 Å². The number of ether oxygens (including phenoxy) is 1. The van der Waals surface area contributed by atoms with Gasteiger partial charge in [-0.1, -0.05) is 0 Å². The molecule has 7 nitrogen and oxygen atoms in total. The Morgan fingerprint density at radius 2 is 1.83 bits per heavy atom. The quantitative estimate of drug-likeness (QED) is 0.455. The van der Waals surface area contributed by atoms with Crippen LogP contribution in [-0.2, 0) is 19.6 Å². The van der Waals surface area contributed by atoms with E-state index >= 15 is 0 Å². The number of halogens is 1. The first-order valence-electron chi connectivity index (χ1n) is 9.14. The summed E-state index contributed by atoms with van der Waals surface area (Å²) in [6, 6.07) is 7.42. The topological polar surface area (TPSA) is 84.0 Å². The fourth-order valence-electron chi connectivity index (χ4n) is 2.93. The molecule has 1 fully saturated rings. The number of benzene rings is 1. The van der Waals surface area contributed by atoms with E-state index in [1.165, 1.54) is 46.8 Å². The van der Waals surface area contributed by atoms with Gasteiger partial charge in [0.15, 0.2) is 0 Å². The molecule has 1 aliphatic rings. The Hall–Kier alpha value is -1.95. The van der Waals surface area contributed by atoms with E-state index in [2.05, 4.69) is 4.74 Å². The first kappa shape index (κ1) is 22.7. The van der Waals surface area contributed by atoms with Gasteiger partial charge in [0.05, 0.1) is 12.7 Å². The molecule has 0 spiro atoms. The number of methoxy groups -OCH3 is 1. The Balaban J connectivity index is 1.49. The number of thioether (sulfide) groups is 1. The van der Waals surface area contributed by atoms with Crippen LogP contribution < -0.4 is 0 Å². The maximum atomic E-state index is 12.9. The van der Waals surface area contributed by atoms with E-state index in [-0.39, 0.29) is 34.6 Å². The van der Waals surface area contributed by atoms with Crippen molar-refractivity contribution in [2.75, 3.05) is 39.0 Å². The third-order valence-electron chi connectivity index (χ3n) is 4.58. The molecule has 1 aromatic heterocycles. The highest BCUT2D eigenvalue weighted by Gasteiger charge is 2.31. The summed E-state index contributed by atoms with van der Waals surface area (Å²) in [5.41, 5.74) is 0.202. The molecule has 1 aliphatic heterocycles. The second-order valence-corrected chi connectivity index (χ2v) is 10.7. The summed E-state index contributed by atoms with van der Waals surface area (Å²) >= 11 is 2.45. The van der Waals surface area contributed by atoms with Crippen molar-refractivity contribution in [2.24, 2.45) is 0 Å². The lowest BCUT2D eigenvalue weighted by atomic mass is 10.3. The molecule has 1 saturated heterocycles. The van der Waals surface area contributed by atoms with Crippen LogP contribution in [0.1, 0.15) is 16.8 Å². The van der Waals surface area contributed by atoms with Crippen molar-refractivity contribution < 1.29 is 27.1 Å². The number of hydrogen-bond donors (Lipinski definition) is 0. The molecule has 0 unspecified atom stereocenters. The fourth-order valence-corrected chi connectivity index (χ4v) is 6.49. The van der Waals surface area contributed by atoms with Gasteiger partial charge in [-0.2, -0.15) is 4.31 Å². The molecule has 0 radical (unpaired) electrons. The highest BCUT2D eigenvalue weighted by Crippen LogP contribution is 2.25. The Kier molecular flexibility index (Phi) is 7.50. The van der Waals surface area contributed by atoms with E-state index in [0.717, 1.165) is 16.2 Å². The van der Waals surface area contributed by atoms with Crippen LogP contribution in [-0.4, -0.2) is 68.5 Å². The number of piperazine rings is 1. The van der Waals surface area contributed by atoms with E-state index in [4.69, 9.17) is 0 Å². The average Bonchev–Trinajstić information content (AvgIpc) is 3.26. The van der Waals surface area contributed by atoms with Crippen LogP contribution in [0.3, 0.4) is 0 Å². The zero-order chi connectivity index (χ0) is 21.7. The van der Waals surface area contributed by atoms with Gasteiger partial charge in [0.1, 0.15) is 10.0 Å². The summed E-state index contributed by atoms with van der Waals surface area (Å²) < 4.78 is 44.5. The molecule has 0 N–H and O–H groups in total. The molecule has 11 heteroatoms. The average molecular weight is 473 g/mol. The molecule has 30 heavy (non-hydrogen) atoms. The van der Waals surface area contributed by atoms with E-state index in [9.17, 15) is 22.4 Å². The van der Waals surface area contributed by atoms with Crippen molar-refractivity contribution in [3.63, 3.8) is 0 Å². The molecule has 0 bridgehead atoms. The monoisotopic (exact) mass is 472 g/mol. The number of amides is 1. The first-order chi connectivity index (χ1) is 14.3.